The van der Waals surface area contributed by atoms with Crippen molar-refractivity contribution < 1.29 is 22.7 Å². The summed E-state index contributed by atoms with van der Waals surface area (Å²) in [6.07, 6.45) is 1.14. The van der Waals surface area contributed by atoms with Crippen molar-refractivity contribution in [1.82, 2.24) is 5.32 Å². The van der Waals surface area contributed by atoms with Gasteiger partial charge in [-0.15, -0.1) is 0 Å². The molecular formula is C19H20ClNO5S. The van der Waals surface area contributed by atoms with Gasteiger partial charge in [0.1, 0.15) is 0 Å². The van der Waals surface area contributed by atoms with Crippen LogP contribution < -0.4 is 5.32 Å². The predicted octanol–water partition coefficient (Wildman–Crippen LogP) is 2.92. The molecule has 6 nitrogen and oxygen atoms in total. The van der Waals surface area contributed by atoms with Gasteiger partial charge < -0.3 is 10.1 Å². The second kappa shape index (κ2) is 9.01. The molecule has 0 fully saturated rings. The smallest absolute Gasteiger partial charge is 0.338 e. The van der Waals surface area contributed by atoms with Crippen LogP contribution >= 0.6 is 11.6 Å². The van der Waals surface area contributed by atoms with Crippen molar-refractivity contribution in [1.29, 1.82) is 0 Å². The lowest BCUT2D eigenvalue weighted by Crippen LogP contribution is -2.31. The summed E-state index contributed by atoms with van der Waals surface area (Å²) in [6.45, 7) is 1.35. The summed E-state index contributed by atoms with van der Waals surface area (Å²) in [6, 6.07) is 12.8. The molecule has 0 aliphatic heterocycles. The summed E-state index contributed by atoms with van der Waals surface area (Å²) in [4.78, 5) is 24.0. The molecule has 0 saturated carbocycles. The molecule has 0 saturated heterocycles. The van der Waals surface area contributed by atoms with Gasteiger partial charge in [-0.05, 0) is 36.2 Å². The minimum absolute atomic E-state index is 0.106. The molecule has 0 bridgehead atoms. The maximum atomic E-state index is 12.0. The molecule has 0 spiro atoms. The Labute approximate surface area is 163 Å². The number of sulfone groups is 1. The monoisotopic (exact) mass is 409 g/mol. The number of halogens is 1. The second-order valence-corrected chi connectivity index (χ2v) is 8.70. The van der Waals surface area contributed by atoms with Gasteiger partial charge >= 0.3 is 5.97 Å². The zero-order valence-corrected chi connectivity index (χ0v) is 16.5. The molecule has 2 rings (SSSR count). The summed E-state index contributed by atoms with van der Waals surface area (Å²) in [7, 11) is -3.15. The van der Waals surface area contributed by atoms with Crippen molar-refractivity contribution in [2.75, 3.05) is 12.9 Å². The zero-order chi connectivity index (χ0) is 20.0. The topological polar surface area (TPSA) is 89.5 Å². The summed E-state index contributed by atoms with van der Waals surface area (Å²) >= 11 is 6.09. The van der Waals surface area contributed by atoms with Crippen LogP contribution in [-0.4, -0.2) is 33.2 Å². The van der Waals surface area contributed by atoms with E-state index in [4.69, 9.17) is 16.3 Å². The molecule has 2 aromatic rings. The van der Waals surface area contributed by atoms with E-state index in [2.05, 4.69) is 5.32 Å². The lowest BCUT2D eigenvalue weighted by Gasteiger charge is -2.15. The lowest BCUT2D eigenvalue weighted by atomic mass is 10.1. The fraction of sp³-hybridized carbons (Fsp3) is 0.263. The maximum absolute atomic E-state index is 12.0. The van der Waals surface area contributed by atoms with E-state index in [1.807, 2.05) is 6.07 Å². The highest BCUT2D eigenvalue weighted by atomic mass is 35.5. The second-order valence-electron chi connectivity index (χ2n) is 6.15. The molecule has 8 heteroatoms. The van der Waals surface area contributed by atoms with Crippen molar-refractivity contribution in [2.45, 2.75) is 18.7 Å². The largest absolute Gasteiger partial charge is 0.452 e. The predicted molar refractivity (Wildman–Crippen MR) is 103 cm³/mol. The third-order valence-electron chi connectivity index (χ3n) is 3.70. The molecule has 1 N–H and O–H groups in total. The van der Waals surface area contributed by atoms with Crippen LogP contribution in [0.1, 0.15) is 34.5 Å². The van der Waals surface area contributed by atoms with Crippen molar-refractivity contribution in [2.24, 2.45) is 0 Å². The Morgan fingerprint density at radius 3 is 2.33 bits per heavy atom. The molecule has 0 aliphatic rings. The van der Waals surface area contributed by atoms with Gasteiger partial charge in [-0.3, -0.25) is 4.79 Å². The van der Waals surface area contributed by atoms with E-state index < -0.39 is 28.3 Å². The van der Waals surface area contributed by atoms with Crippen LogP contribution in [0.15, 0.2) is 48.5 Å². The Hall–Kier alpha value is -2.38. The molecule has 144 valence electrons. The van der Waals surface area contributed by atoms with Gasteiger partial charge in [-0.25, -0.2) is 13.2 Å². The van der Waals surface area contributed by atoms with Crippen LogP contribution in [0.2, 0.25) is 5.02 Å². The highest BCUT2D eigenvalue weighted by Gasteiger charge is 2.15. The van der Waals surface area contributed by atoms with E-state index in [-0.39, 0.29) is 17.4 Å². The van der Waals surface area contributed by atoms with Crippen molar-refractivity contribution in [3.05, 3.63) is 70.2 Å². The van der Waals surface area contributed by atoms with Crippen LogP contribution in [0.3, 0.4) is 0 Å². The third-order valence-corrected chi connectivity index (χ3v) is 4.90. The number of benzene rings is 2. The SMILES string of the molecule is C[C@@H](NC(=O)COC(=O)c1ccc(CS(C)(=O)=O)cc1)c1ccccc1Cl. The van der Waals surface area contributed by atoms with Crippen LogP contribution in [0, 0.1) is 0 Å². The molecule has 1 amide bonds. The van der Waals surface area contributed by atoms with Crippen LogP contribution in [0.25, 0.3) is 0 Å². The first kappa shape index (κ1) is 20.9. The molecule has 2 aromatic carbocycles. The van der Waals surface area contributed by atoms with Crippen LogP contribution in [0.5, 0.6) is 0 Å². The standard InChI is InChI=1S/C19H20ClNO5S/c1-13(16-5-3-4-6-17(16)20)21-18(22)11-26-19(23)15-9-7-14(8-10-15)12-27(2,24)25/h3-10,13H,11-12H2,1-2H3,(H,21,22)/t13-/m1/s1. The zero-order valence-electron chi connectivity index (χ0n) is 14.9. The Balaban J connectivity index is 1.87. The summed E-state index contributed by atoms with van der Waals surface area (Å²) in [5, 5.41) is 3.25. The van der Waals surface area contributed by atoms with Crippen molar-refractivity contribution in [3.63, 3.8) is 0 Å². The summed E-state index contributed by atoms with van der Waals surface area (Å²) in [5.41, 5.74) is 1.57. The molecule has 0 heterocycles. The van der Waals surface area contributed by atoms with Gasteiger partial charge in [0.15, 0.2) is 16.4 Å². The Morgan fingerprint density at radius 2 is 1.74 bits per heavy atom. The molecule has 0 aliphatic carbocycles. The van der Waals surface area contributed by atoms with Gasteiger partial charge in [-0.2, -0.15) is 0 Å². The third kappa shape index (κ3) is 6.69. The first-order valence-electron chi connectivity index (χ1n) is 8.13. The average Bonchev–Trinajstić information content (AvgIpc) is 2.59. The number of esters is 1. The van der Waals surface area contributed by atoms with Gasteiger partial charge in [0.2, 0.25) is 0 Å². The number of hydrogen-bond donors (Lipinski definition) is 1. The van der Waals surface area contributed by atoms with Gasteiger partial charge in [0, 0.05) is 11.3 Å². The highest BCUT2D eigenvalue weighted by Crippen LogP contribution is 2.21. The Bertz CT molecular complexity index is 925. The van der Waals surface area contributed by atoms with Crippen LogP contribution in [0.4, 0.5) is 0 Å². The van der Waals surface area contributed by atoms with Crippen molar-refractivity contribution >= 4 is 33.3 Å². The highest BCUT2D eigenvalue weighted by molar-refractivity contribution is 7.89. The normalized spacial score (nSPS) is 12.3. The van der Waals surface area contributed by atoms with Gasteiger partial charge in [0.05, 0.1) is 17.4 Å². The molecule has 0 aromatic heterocycles. The Morgan fingerprint density at radius 1 is 1.11 bits per heavy atom. The minimum atomic E-state index is -3.15. The number of hydrogen-bond acceptors (Lipinski definition) is 5. The molecule has 0 radical (unpaired) electrons. The number of nitrogens with one attached hydrogen (secondary N) is 1. The molecule has 27 heavy (non-hydrogen) atoms. The van der Waals surface area contributed by atoms with Crippen molar-refractivity contribution in [3.8, 4) is 0 Å². The lowest BCUT2D eigenvalue weighted by molar-refractivity contribution is -0.124. The Kier molecular flexibility index (Phi) is 6.98. The van der Waals surface area contributed by atoms with E-state index in [1.165, 1.54) is 24.3 Å². The first-order chi connectivity index (χ1) is 12.7. The number of carbonyl (C=O) groups is 2. The molecular weight excluding hydrogens is 390 g/mol. The number of rotatable bonds is 7. The van der Waals surface area contributed by atoms with E-state index >= 15 is 0 Å². The first-order valence-corrected chi connectivity index (χ1v) is 10.6. The number of carbonyl (C=O) groups excluding carboxylic acids is 2. The maximum Gasteiger partial charge on any atom is 0.338 e. The van der Waals surface area contributed by atoms with E-state index in [0.29, 0.717) is 10.6 Å². The van der Waals surface area contributed by atoms with E-state index in [1.54, 1.807) is 25.1 Å². The fourth-order valence-electron chi connectivity index (χ4n) is 2.44. The molecule has 0 unspecified atom stereocenters. The fourth-order valence-corrected chi connectivity index (χ4v) is 3.54. The van der Waals surface area contributed by atoms with Gasteiger partial charge in [0.25, 0.3) is 5.91 Å². The summed E-state index contributed by atoms with van der Waals surface area (Å²) < 4.78 is 27.5. The average molecular weight is 410 g/mol. The molecule has 1 atom stereocenters. The number of ether oxygens (including phenoxy) is 1. The summed E-state index contributed by atoms with van der Waals surface area (Å²) in [5.74, 6) is -1.23. The van der Waals surface area contributed by atoms with E-state index in [0.717, 1.165) is 11.8 Å². The van der Waals surface area contributed by atoms with Gasteiger partial charge in [-0.1, -0.05) is 41.9 Å². The van der Waals surface area contributed by atoms with Crippen LogP contribution in [-0.2, 0) is 25.1 Å². The minimum Gasteiger partial charge on any atom is -0.452 e. The quantitative estimate of drug-likeness (QED) is 0.710. The van der Waals surface area contributed by atoms with E-state index in [9.17, 15) is 18.0 Å². The number of amides is 1.